The lowest BCUT2D eigenvalue weighted by atomic mass is 9.91. The van der Waals surface area contributed by atoms with Gasteiger partial charge in [-0.2, -0.15) is 0 Å². The summed E-state index contributed by atoms with van der Waals surface area (Å²) in [6.45, 7) is 7.64. The molecule has 3 aliphatic rings. The van der Waals surface area contributed by atoms with Crippen molar-refractivity contribution in [1.82, 2.24) is 10.2 Å². The molecule has 3 fully saturated rings. The van der Waals surface area contributed by atoms with Crippen LogP contribution in [0.2, 0.25) is 0 Å². The van der Waals surface area contributed by atoms with Crippen molar-refractivity contribution in [3.8, 4) is 0 Å². The molecule has 2 aliphatic carbocycles. The number of hydrogen-bond acceptors (Lipinski definition) is 2. The molecule has 0 aromatic heterocycles. The number of hydrogen-bond donors (Lipinski definition) is 1. The first-order chi connectivity index (χ1) is 9.03. The summed E-state index contributed by atoms with van der Waals surface area (Å²) in [7, 11) is 0. The van der Waals surface area contributed by atoms with Gasteiger partial charge in [0.1, 0.15) is 0 Å². The standard InChI is InChI=1S/C16H28N2O/c1-11(2)16(8-9-16)10-18-14(13-6-4-5-7-13)17-12(3)15(18)19/h11-14,17H,4-10H2,1-3H3. The van der Waals surface area contributed by atoms with Crippen LogP contribution in [0.15, 0.2) is 0 Å². The summed E-state index contributed by atoms with van der Waals surface area (Å²) in [5, 5.41) is 3.56. The van der Waals surface area contributed by atoms with E-state index in [-0.39, 0.29) is 6.04 Å². The van der Waals surface area contributed by atoms with Gasteiger partial charge in [-0.1, -0.05) is 26.7 Å². The highest BCUT2D eigenvalue weighted by Gasteiger charge is 2.51. The van der Waals surface area contributed by atoms with E-state index in [1.807, 2.05) is 6.92 Å². The number of carbonyl (C=O) groups is 1. The topological polar surface area (TPSA) is 32.3 Å². The van der Waals surface area contributed by atoms with Gasteiger partial charge in [0.2, 0.25) is 5.91 Å². The van der Waals surface area contributed by atoms with Gasteiger partial charge in [0.25, 0.3) is 0 Å². The molecule has 0 radical (unpaired) electrons. The van der Waals surface area contributed by atoms with Crippen LogP contribution in [-0.2, 0) is 4.79 Å². The molecule has 0 bridgehead atoms. The molecule has 1 aliphatic heterocycles. The van der Waals surface area contributed by atoms with E-state index in [2.05, 4.69) is 24.1 Å². The highest BCUT2D eigenvalue weighted by Crippen LogP contribution is 2.53. The summed E-state index contributed by atoms with van der Waals surface area (Å²) in [5.74, 6) is 1.72. The van der Waals surface area contributed by atoms with E-state index >= 15 is 0 Å². The van der Waals surface area contributed by atoms with Crippen molar-refractivity contribution >= 4 is 5.91 Å². The van der Waals surface area contributed by atoms with Gasteiger partial charge < -0.3 is 4.90 Å². The molecular weight excluding hydrogens is 236 g/mol. The summed E-state index contributed by atoms with van der Waals surface area (Å²) < 4.78 is 0. The molecule has 3 rings (SSSR count). The van der Waals surface area contributed by atoms with E-state index in [1.54, 1.807) is 0 Å². The maximum Gasteiger partial charge on any atom is 0.240 e. The second kappa shape index (κ2) is 4.76. The van der Waals surface area contributed by atoms with Crippen LogP contribution in [-0.4, -0.2) is 29.6 Å². The van der Waals surface area contributed by atoms with Crippen LogP contribution in [0.5, 0.6) is 0 Å². The molecule has 108 valence electrons. The predicted molar refractivity (Wildman–Crippen MR) is 76.6 cm³/mol. The van der Waals surface area contributed by atoms with Gasteiger partial charge in [0.15, 0.2) is 0 Å². The molecule has 3 heteroatoms. The fraction of sp³-hybridized carbons (Fsp3) is 0.938. The zero-order valence-corrected chi connectivity index (χ0v) is 12.6. The Morgan fingerprint density at radius 2 is 1.95 bits per heavy atom. The van der Waals surface area contributed by atoms with Crippen LogP contribution in [0.1, 0.15) is 59.3 Å². The highest BCUT2D eigenvalue weighted by atomic mass is 16.2. The van der Waals surface area contributed by atoms with Gasteiger partial charge >= 0.3 is 0 Å². The lowest BCUT2D eigenvalue weighted by Gasteiger charge is -2.33. The van der Waals surface area contributed by atoms with Crippen LogP contribution in [0.25, 0.3) is 0 Å². The van der Waals surface area contributed by atoms with Crippen LogP contribution >= 0.6 is 0 Å². The monoisotopic (exact) mass is 264 g/mol. The fourth-order valence-electron chi connectivity index (χ4n) is 4.06. The molecule has 2 atom stereocenters. The zero-order chi connectivity index (χ0) is 13.6. The predicted octanol–water partition coefficient (Wildman–Crippen LogP) is 2.76. The summed E-state index contributed by atoms with van der Waals surface area (Å²) in [6, 6.07) is 0.0218. The Bertz CT molecular complexity index is 356. The molecule has 0 aromatic rings. The summed E-state index contributed by atoms with van der Waals surface area (Å²) in [6.07, 6.45) is 8.20. The number of rotatable bonds is 4. The molecule has 0 aromatic carbocycles. The highest BCUT2D eigenvalue weighted by molar-refractivity contribution is 5.84. The van der Waals surface area contributed by atoms with E-state index < -0.39 is 0 Å². The van der Waals surface area contributed by atoms with Crippen molar-refractivity contribution in [2.45, 2.75) is 71.5 Å². The van der Waals surface area contributed by atoms with Crippen molar-refractivity contribution in [1.29, 1.82) is 0 Å². The lowest BCUT2D eigenvalue weighted by molar-refractivity contribution is -0.131. The van der Waals surface area contributed by atoms with E-state index in [0.717, 1.165) is 6.54 Å². The van der Waals surface area contributed by atoms with E-state index in [1.165, 1.54) is 38.5 Å². The Morgan fingerprint density at radius 3 is 2.47 bits per heavy atom. The number of nitrogens with zero attached hydrogens (tertiary/aromatic N) is 1. The minimum atomic E-state index is 0.0218. The average Bonchev–Trinajstić information content (AvgIpc) is 2.86. The third-order valence-electron chi connectivity index (χ3n) is 5.86. The van der Waals surface area contributed by atoms with Gasteiger partial charge in [-0.25, -0.2) is 0 Å². The molecule has 3 nitrogen and oxygen atoms in total. The van der Waals surface area contributed by atoms with Crippen molar-refractivity contribution in [3.05, 3.63) is 0 Å². The number of carbonyl (C=O) groups excluding carboxylic acids is 1. The number of nitrogens with one attached hydrogen (secondary N) is 1. The normalized spacial score (nSPS) is 34.5. The average molecular weight is 264 g/mol. The maximum atomic E-state index is 12.5. The second-order valence-corrected chi connectivity index (χ2v) is 7.36. The smallest absolute Gasteiger partial charge is 0.240 e. The van der Waals surface area contributed by atoms with Gasteiger partial charge in [-0.3, -0.25) is 10.1 Å². The Labute approximate surface area is 117 Å². The minimum absolute atomic E-state index is 0.0218. The Kier molecular flexibility index (Phi) is 3.36. The quantitative estimate of drug-likeness (QED) is 0.847. The molecule has 1 saturated heterocycles. The Morgan fingerprint density at radius 1 is 1.32 bits per heavy atom. The second-order valence-electron chi connectivity index (χ2n) is 7.36. The van der Waals surface area contributed by atoms with Crippen molar-refractivity contribution in [2.75, 3.05) is 6.54 Å². The molecular formula is C16H28N2O. The molecule has 1 N–H and O–H groups in total. The summed E-state index contributed by atoms with van der Waals surface area (Å²) in [4.78, 5) is 14.7. The van der Waals surface area contributed by atoms with Crippen LogP contribution in [0.3, 0.4) is 0 Å². The lowest BCUT2D eigenvalue weighted by Crippen LogP contribution is -2.45. The Hall–Kier alpha value is -0.570. The van der Waals surface area contributed by atoms with E-state index in [4.69, 9.17) is 0 Å². The van der Waals surface area contributed by atoms with Gasteiger partial charge in [-0.15, -0.1) is 0 Å². The molecule has 1 heterocycles. The Balaban J connectivity index is 1.74. The SMILES string of the molecule is CC1NC(C2CCCC2)N(CC2(C(C)C)CC2)C1=O. The molecule has 19 heavy (non-hydrogen) atoms. The molecule has 2 unspecified atom stereocenters. The van der Waals surface area contributed by atoms with Gasteiger partial charge in [0.05, 0.1) is 12.2 Å². The van der Waals surface area contributed by atoms with Crippen molar-refractivity contribution < 1.29 is 4.79 Å². The van der Waals surface area contributed by atoms with E-state index in [9.17, 15) is 4.79 Å². The third-order valence-corrected chi connectivity index (χ3v) is 5.86. The van der Waals surface area contributed by atoms with Gasteiger partial charge in [-0.05, 0) is 49.9 Å². The largest absolute Gasteiger partial charge is 0.325 e. The molecule has 2 saturated carbocycles. The third kappa shape index (κ3) is 2.31. The number of amides is 1. The van der Waals surface area contributed by atoms with Crippen molar-refractivity contribution in [3.63, 3.8) is 0 Å². The van der Waals surface area contributed by atoms with Crippen LogP contribution in [0.4, 0.5) is 0 Å². The summed E-state index contributed by atoms with van der Waals surface area (Å²) in [5.41, 5.74) is 0.429. The van der Waals surface area contributed by atoms with Crippen LogP contribution < -0.4 is 5.32 Å². The zero-order valence-electron chi connectivity index (χ0n) is 12.6. The first-order valence-electron chi connectivity index (χ1n) is 8.10. The molecule has 0 spiro atoms. The molecule has 1 amide bonds. The van der Waals surface area contributed by atoms with E-state index in [0.29, 0.717) is 29.3 Å². The van der Waals surface area contributed by atoms with Crippen molar-refractivity contribution in [2.24, 2.45) is 17.3 Å². The van der Waals surface area contributed by atoms with Crippen LogP contribution in [0, 0.1) is 17.3 Å². The maximum absolute atomic E-state index is 12.5. The van der Waals surface area contributed by atoms with Gasteiger partial charge in [0, 0.05) is 6.54 Å². The first-order valence-corrected chi connectivity index (χ1v) is 8.10. The minimum Gasteiger partial charge on any atom is -0.325 e. The summed E-state index contributed by atoms with van der Waals surface area (Å²) >= 11 is 0. The first kappa shape index (κ1) is 13.4. The fourth-order valence-corrected chi connectivity index (χ4v) is 4.06.